The van der Waals surface area contributed by atoms with Gasteiger partial charge in [0, 0.05) is 26.2 Å². The molecule has 0 aromatic heterocycles. The van der Waals surface area contributed by atoms with Crippen LogP contribution in [-0.4, -0.2) is 30.1 Å². The van der Waals surface area contributed by atoms with Crippen LogP contribution in [0.25, 0.3) is 6.08 Å². The highest BCUT2D eigenvalue weighted by Gasteiger charge is 2.18. The van der Waals surface area contributed by atoms with E-state index in [4.69, 9.17) is 27.9 Å². The van der Waals surface area contributed by atoms with Crippen molar-refractivity contribution in [2.45, 2.75) is 17.1 Å². The van der Waals surface area contributed by atoms with Gasteiger partial charge in [0.15, 0.2) is 0 Å². The molecular weight excluding hydrogens is 593 g/mol. The molecule has 3 amide bonds. The number of carbonyl (C=O) groups is 3. The monoisotopic (exact) mass is 619 g/mol. The Balaban J connectivity index is 1.48. The molecule has 4 rings (SSSR count). The van der Waals surface area contributed by atoms with E-state index >= 15 is 0 Å². The van der Waals surface area contributed by atoms with Gasteiger partial charge >= 0.3 is 0 Å². The van der Waals surface area contributed by atoms with Crippen LogP contribution in [0, 0.1) is 0 Å². The van der Waals surface area contributed by atoms with Gasteiger partial charge in [0.05, 0.1) is 18.0 Å². The molecule has 0 spiro atoms. The lowest BCUT2D eigenvalue weighted by atomic mass is 10.1. The van der Waals surface area contributed by atoms with Gasteiger partial charge in [-0.05, 0) is 79.2 Å². The van der Waals surface area contributed by atoms with Crippen molar-refractivity contribution in [3.8, 4) is 5.75 Å². The summed E-state index contributed by atoms with van der Waals surface area (Å²) in [7, 11) is 1.51. The molecule has 0 fully saturated rings. The maximum absolute atomic E-state index is 13.4. The maximum Gasteiger partial charge on any atom is 0.272 e. The van der Waals surface area contributed by atoms with E-state index in [0.717, 1.165) is 4.90 Å². The molecule has 4 aromatic carbocycles. The second-order valence-electron chi connectivity index (χ2n) is 9.01. The first-order chi connectivity index (χ1) is 20.2. The van der Waals surface area contributed by atoms with E-state index < -0.39 is 17.1 Å². The van der Waals surface area contributed by atoms with E-state index in [9.17, 15) is 14.4 Å². The number of halogens is 2. The lowest BCUT2D eigenvalue weighted by Crippen LogP contribution is -2.30. The third-order valence-electron chi connectivity index (χ3n) is 5.88. The van der Waals surface area contributed by atoms with Gasteiger partial charge < -0.3 is 20.7 Å². The fourth-order valence-corrected chi connectivity index (χ4v) is 5.12. The minimum absolute atomic E-state index is 0.0346. The third kappa shape index (κ3) is 8.63. The lowest BCUT2D eigenvalue weighted by molar-refractivity contribution is -0.115. The Bertz CT molecular complexity index is 1630. The van der Waals surface area contributed by atoms with Gasteiger partial charge in [0.1, 0.15) is 11.4 Å². The number of benzene rings is 4. The number of hydrogen-bond donors (Lipinski definition) is 3. The predicted molar refractivity (Wildman–Crippen MR) is 170 cm³/mol. The van der Waals surface area contributed by atoms with Crippen LogP contribution < -0.4 is 20.7 Å². The number of ether oxygens (including phenoxy) is 1. The molecule has 4 aromatic rings. The van der Waals surface area contributed by atoms with Crippen molar-refractivity contribution < 1.29 is 19.1 Å². The van der Waals surface area contributed by atoms with E-state index in [2.05, 4.69) is 16.0 Å². The van der Waals surface area contributed by atoms with Crippen molar-refractivity contribution >= 4 is 70.1 Å². The Hall–Kier alpha value is -4.24. The Labute approximate surface area is 258 Å². The summed E-state index contributed by atoms with van der Waals surface area (Å²) in [5.74, 6) is -0.708. The largest absolute Gasteiger partial charge is 0.495 e. The van der Waals surface area contributed by atoms with Crippen molar-refractivity contribution in [3.63, 3.8) is 0 Å². The van der Waals surface area contributed by atoms with Gasteiger partial charge in [-0.25, -0.2) is 0 Å². The fraction of sp³-hybridized carbons (Fsp3) is 0.0938. The molecule has 42 heavy (non-hydrogen) atoms. The standard InChI is InChI=1S/C32H27Cl2N3O4S/c1-20(30(38)36-27-18-24(34)14-15-29(27)41-2)42-26-13-7-12-25(19-26)35-32(40)28(17-21-8-6-11-23(33)16-21)37-31(39)22-9-4-3-5-10-22/h3-20H,1-2H3,(H,35,40)(H,36,38)(H,37,39)/b28-17-. The maximum atomic E-state index is 13.4. The van der Waals surface area contributed by atoms with Crippen LogP contribution in [0.5, 0.6) is 5.75 Å². The van der Waals surface area contributed by atoms with Crippen LogP contribution in [0.4, 0.5) is 11.4 Å². The molecule has 0 saturated heterocycles. The Morgan fingerprint density at radius 2 is 1.57 bits per heavy atom. The van der Waals surface area contributed by atoms with Gasteiger partial charge in [0.25, 0.3) is 11.8 Å². The molecule has 0 saturated carbocycles. The zero-order valence-corrected chi connectivity index (χ0v) is 25.0. The number of methoxy groups -OCH3 is 1. The van der Waals surface area contributed by atoms with Crippen molar-refractivity contribution in [1.82, 2.24) is 5.32 Å². The molecule has 7 nitrogen and oxygen atoms in total. The Morgan fingerprint density at radius 1 is 0.833 bits per heavy atom. The van der Waals surface area contributed by atoms with Crippen LogP contribution >= 0.6 is 35.0 Å². The first-order valence-electron chi connectivity index (χ1n) is 12.8. The molecule has 0 aliphatic heterocycles. The molecule has 0 bridgehead atoms. The van der Waals surface area contributed by atoms with E-state index in [0.29, 0.717) is 38.3 Å². The first-order valence-corrected chi connectivity index (χ1v) is 14.4. The average molecular weight is 621 g/mol. The molecule has 10 heteroatoms. The topological polar surface area (TPSA) is 96.5 Å². The number of nitrogens with one attached hydrogen (secondary N) is 3. The van der Waals surface area contributed by atoms with Gasteiger partial charge in [-0.3, -0.25) is 14.4 Å². The normalized spacial score (nSPS) is 11.8. The van der Waals surface area contributed by atoms with Crippen molar-refractivity contribution in [2.24, 2.45) is 0 Å². The van der Waals surface area contributed by atoms with Crippen molar-refractivity contribution in [1.29, 1.82) is 0 Å². The smallest absolute Gasteiger partial charge is 0.272 e. The van der Waals surface area contributed by atoms with E-state index in [1.165, 1.54) is 18.9 Å². The summed E-state index contributed by atoms with van der Waals surface area (Å²) in [6.07, 6.45) is 1.55. The van der Waals surface area contributed by atoms with Crippen LogP contribution in [-0.2, 0) is 9.59 Å². The fourth-order valence-electron chi connectivity index (χ4n) is 3.82. The molecule has 0 aliphatic carbocycles. The number of anilines is 2. The molecule has 0 radical (unpaired) electrons. The molecule has 1 unspecified atom stereocenters. The van der Waals surface area contributed by atoms with Crippen LogP contribution in [0.1, 0.15) is 22.8 Å². The van der Waals surface area contributed by atoms with Crippen molar-refractivity contribution in [3.05, 3.63) is 124 Å². The van der Waals surface area contributed by atoms with Gasteiger partial charge in [-0.1, -0.05) is 59.6 Å². The van der Waals surface area contributed by atoms with Crippen LogP contribution in [0.2, 0.25) is 10.0 Å². The molecule has 214 valence electrons. The van der Waals surface area contributed by atoms with E-state index in [1.54, 1.807) is 104 Å². The highest BCUT2D eigenvalue weighted by molar-refractivity contribution is 8.00. The lowest BCUT2D eigenvalue weighted by Gasteiger charge is -2.15. The number of thioether (sulfide) groups is 1. The van der Waals surface area contributed by atoms with Crippen LogP contribution in [0.15, 0.2) is 108 Å². The summed E-state index contributed by atoms with van der Waals surface area (Å²) < 4.78 is 5.31. The number of rotatable bonds is 10. The Morgan fingerprint density at radius 3 is 2.31 bits per heavy atom. The summed E-state index contributed by atoms with van der Waals surface area (Å²) in [4.78, 5) is 39.9. The molecule has 1 atom stereocenters. The van der Waals surface area contributed by atoms with Crippen molar-refractivity contribution in [2.75, 3.05) is 17.7 Å². The average Bonchev–Trinajstić information content (AvgIpc) is 2.97. The first kappa shape index (κ1) is 30.7. The second kappa shape index (κ2) is 14.6. The van der Waals surface area contributed by atoms with E-state index in [-0.39, 0.29) is 11.6 Å². The second-order valence-corrected chi connectivity index (χ2v) is 11.3. The van der Waals surface area contributed by atoms with Crippen LogP contribution in [0.3, 0.4) is 0 Å². The van der Waals surface area contributed by atoms with Gasteiger partial charge in [0.2, 0.25) is 5.91 Å². The summed E-state index contributed by atoms with van der Waals surface area (Å²) in [5.41, 5.74) is 2.04. The number of hydrogen-bond acceptors (Lipinski definition) is 5. The quantitative estimate of drug-likeness (QED) is 0.126. The number of carbonyl (C=O) groups excluding carboxylic acids is 3. The zero-order valence-electron chi connectivity index (χ0n) is 22.7. The summed E-state index contributed by atoms with van der Waals surface area (Å²) >= 11 is 13.5. The molecular formula is C32H27Cl2N3O4S. The summed E-state index contributed by atoms with van der Waals surface area (Å²) in [5, 5.41) is 8.88. The molecule has 3 N–H and O–H groups in total. The highest BCUT2D eigenvalue weighted by Crippen LogP contribution is 2.30. The third-order valence-corrected chi connectivity index (χ3v) is 7.45. The van der Waals surface area contributed by atoms with Gasteiger partial charge in [-0.15, -0.1) is 11.8 Å². The minimum atomic E-state index is -0.528. The zero-order chi connectivity index (χ0) is 30.1. The summed E-state index contributed by atoms with van der Waals surface area (Å²) in [6, 6.07) is 27.6. The minimum Gasteiger partial charge on any atom is -0.495 e. The molecule has 0 heterocycles. The summed E-state index contributed by atoms with van der Waals surface area (Å²) in [6.45, 7) is 1.77. The Kier molecular flexibility index (Phi) is 10.7. The van der Waals surface area contributed by atoms with Gasteiger partial charge in [-0.2, -0.15) is 0 Å². The highest BCUT2D eigenvalue weighted by atomic mass is 35.5. The van der Waals surface area contributed by atoms with E-state index in [1.807, 2.05) is 6.07 Å². The predicted octanol–water partition coefficient (Wildman–Crippen LogP) is 7.53. The number of amides is 3. The SMILES string of the molecule is COc1ccc(Cl)cc1NC(=O)C(C)Sc1cccc(NC(=O)/C(=C/c2cccc(Cl)c2)NC(=O)c2ccccc2)c1. The molecule has 0 aliphatic rings.